The molecule has 0 radical (unpaired) electrons. The first-order valence-electron chi connectivity index (χ1n) is 8.17. The number of halogens is 2. The standard InChI is InChI=1S/C19H15F2N3O2/c1-11-8-15(6-7-16(11)21)24-10-13(9-17(24)25)19-22-18(23-26-19)12-2-4-14(20)5-3-12/h2-8,13H,9-10H2,1H3. The average Bonchev–Trinajstić information content (AvgIpc) is 3.25. The van der Waals surface area contributed by atoms with Crippen molar-refractivity contribution in [1.82, 2.24) is 10.1 Å². The monoisotopic (exact) mass is 355 g/mol. The minimum absolute atomic E-state index is 0.0810. The Kier molecular flexibility index (Phi) is 3.99. The quantitative estimate of drug-likeness (QED) is 0.716. The van der Waals surface area contributed by atoms with Crippen LogP contribution in [0.2, 0.25) is 0 Å². The summed E-state index contributed by atoms with van der Waals surface area (Å²) in [4.78, 5) is 18.3. The van der Waals surface area contributed by atoms with Crippen molar-refractivity contribution in [2.45, 2.75) is 19.3 Å². The van der Waals surface area contributed by atoms with Crippen LogP contribution in [0, 0.1) is 18.6 Å². The SMILES string of the molecule is Cc1cc(N2CC(c3nc(-c4ccc(F)cc4)no3)CC2=O)ccc1F. The number of aromatic nitrogens is 2. The summed E-state index contributed by atoms with van der Waals surface area (Å²) in [6, 6.07) is 10.4. The van der Waals surface area contributed by atoms with Crippen molar-refractivity contribution in [3.05, 3.63) is 65.6 Å². The second-order valence-electron chi connectivity index (χ2n) is 6.30. The Labute approximate surface area is 148 Å². The van der Waals surface area contributed by atoms with Crippen molar-refractivity contribution in [3.8, 4) is 11.4 Å². The molecule has 4 rings (SSSR count). The molecule has 2 aromatic carbocycles. The van der Waals surface area contributed by atoms with Crippen LogP contribution in [-0.4, -0.2) is 22.6 Å². The van der Waals surface area contributed by atoms with Crippen LogP contribution >= 0.6 is 0 Å². The van der Waals surface area contributed by atoms with E-state index in [4.69, 9.17) is 4.52 Å². The maximum absolute atomic E-state index is 13.5. The fourth-order valence-corrected chi connectivity index (χ4v) is 3.04. The van der Waals surface area contributed by atoms with Crippen LogP contribution in [0.4, 0.5) is 14.5 Å². The first-order valence-corrected chi connectivity index (χ1v) is 8.17. The molecule has 1 aromatic heterocycles. The number of nitrogens with zero attached hydrogens (tertiary/aromatic N) is 3. The summed E-state index contributed by atoms with van der Waals surface area (Å²) in [7, 11) is 0. The van der Waals surface area contributed by atoms with Gasteiger partial charge in [-0.05, 0) is 55.0 Å². The Morgan fingerprint density at radius 1 is 1.15 bits per heavy atom. The molecule has 0 spiro atoms. The van der Waals surface area contributed by atoms with E-state index in [1.54, 1.807) is 36.1 Å². The van der Waals surface area contributed by atoms with E-state index in [9.17, 15) is 13.6 Å². The predicted molar refractivity (Wildman–Crippen MR) is 90.5 cm³/mol. The summed E-state index contributed by atoms with van der Waals surface area (Å²) < 4.78 is 31.8. The van der Waals surface area contributed by atoms with E-state index in [-0.39, 0.29) is 29.9 Å². The molecule has 1 atom stereocenters. The minimum atomic E-state index is -0.343. The Morgan fingerprint density at radius 3 is 2.65 bits per heavy atom. The van der Waals surface area contributed by atoms with Crippen LogP contribution in [0.1, 0.15) is 23.8 Å². The van der Waals surface area contributed by atoms with Gasteiger partial charge in [0.1, 0.15) is 11.6 Å². The maximum atomic E-state index is 13.5. The molecule has 0 N–H and O–H groups in total. The van der Waals surface area contributed by atoms with Crippen molar-refractivity contribution < 1.29 is 18.1 Å². The van der Waals surface area contributed by atoms with Crippen LogP contribution in [0.15, 0.2) is 47.0 Å². The van der Waals surface area contributed by atoms with Gasteiger partial charge < -0.3 is 9.42 Å². The third-order valence-electron chi connectivity index (χ3n) is 4.47. The molecule has 7 heteroatoms. The van der Waals surface area contributed by atoms with E-state index >= 15 is 0 Å². The zero-order valence-electron chi connectivity index (χ0n) is 13.9. The van der Waals surface area contributed by atoms with E-state index < -0.39 is 0 Å². The van der Waals surface area contributed by atoms with Gasteiger partial charge in [-0.3, -0.25) is 4.79 Å². The number of hydrogen-bond donors (Lipinski definition) is 0. The third-order valence-corrected chi connectivity index (χ3v) is 4.47. The molecular formula is C19H15F2N3O2. The lowest BCUT2D eigenvalue weighted by molar-refractivity contribution is -0.117. The molecule has 3 aromatic rings. The van der Waals surface area contributed by atoms with Crippen molar-refractivity contribution in [3.63, 3.8) is 0 Å². The minimum Gasteiger partial charge on any atom is -0.339 e. The molecular weight excluding hydrogens is 340 g/mol. The van der Waals surface area contributed by atoms with Gasteiger partial charge in [-0.2, -0.15) is 4.98 Å². The van der Waals surface area contributed by atoms with Gasteiger partial charge in [-0.1, -0.05) is 5.16 Å². The molecule has 1 aliphatic heterocycles. The summed E-state index contributed by atoms with van der Waals surface area (Å²) in [5, 5.41) is 3.92. The molecule has 0 bridgehead atoms. The van der Waals surface area contributed by atoms with Gasteiger partial charge in [0.2, 0.25) is 17.6 Å². The number of amides is 1. The van der Waals surface area contributed by atoms with Gasteiger partial charge in [0, 0.05) is 24.2 Å². The molecule has 1 saturated heterocycles. The van der Waals surface area contributed by atoms with Crippen molar-refractivity contribution in [2.24, 2.45) is 0 Å². The Morgan fingerprint density at radius 2 is 1.92 bits per heavy atom. The lowest BCUT2D eigenvalue weighted by atomic mass is 10.1. The summed E-state index contributed by atoms with van der Waals surface area (Å²) in [5.41, 5.74) is 1.77. The van der Waals surface area contributed by atoms with Crippen LogP contribution in [-0.2, 0) is 4.79 Å². The van der Waals surface area contributed by atoms with Gasteiger partial charge in [0.05, 0.1) is 5.92 Å². The fraction of sp³-hybridized carbons (Fsp3) is 0.211. The fourth-order valence-electron chi connectivity index (χ4n) is 3.04. The zero-order chi connectivity index (χ0) is 18.3. The highest BCUT2D eigenvalue weighted by Crippen LogP contribution is 2.32. The average molecular weight is 355 g/mol. The van der Waals surface area contributed by atoms with E-state index in [0.717, 1.165) is 0 Å². The second-order valence-corrected chi connectivity index (χ2v) is 6.30. The molecule has 1 aliphatic rings. The number of hydrogen-bond acceptors (Lipinski definition) is 4. The van der Waals surface area contributed by atoms with E-state index in [1.165, 1.54) is 18.2 Å². The molecule has 26 heavy (non-hydrogen) atoms. The van der Waals surface area contributed by atoms with Gasteiger partial charge in [0.15, 0.2) is 0 Å². The predicted octanol–water partition coefficient (Wildman–Crippen LogP) is 3.84. The highest BCUT2D eigenvalue weighted by atomic mass is 19.1. The molecule has 1 amide bonds. The summed E-state index contributed by atoms with van der Waals surface area (Å²) in [6.07, 6.45) is 0.238. The Bertz CT molecular complexity index is 969. The number of anilines is 1. The van der Waals surface area contributed by atoms with Crippen LogP contribution < -0.4 is 4.90 Å². The highest BCUT2D eigenvalue weighted by Gasteiger charge is 2.35. The van der Waals surface area contributed by atoms with Crippen molar-refractivity contribution >= 4 is 11.6 Å². The molecule has 132 valence electrons. The van der Waals surface area contributed by atoms with Crippen molar-refractivity contribution in [1.29, 1.82) is 0 Å². The number of benzene rings is 2. The number of carbonyl (C=O) groups is 1. The van der Waals surface area contributed by atoms with Gasteiger partial charge >= 0.3 is 0 Å². The third kappa shape index (κ3) is 2.96. The van der Waals surface area contributed by atoms with Gasteiger partial charge in [-0.15, -0.1) is 0 Å². The summed E-state index contributed by atoms with van der Waals surface area (Å²) in [6.45, 7) is 2.04. The second kappa shape index (κ2) is 6.33. The molecule has 1 unspecified atom stereocenters. The van der Waals surface area contributed by atoms with E-state index in [2.05, 4.69) is 10.1 Å². The summed E-state index contributed by atoms with van der Waals surface area (Å²) >= 11 is 0. The van der Waals surface area contributed by atoms with E-state index in [0.29, 0.717) is 35.1 Å². The smallest absolute Gasteiger partial charge is 0.232 e. The maximum Gasteiger partial charge on any atom is 0.232 e. The lowest BCUT2D eigenvalue weighted by Crippen LogP contribution is -2.24. The molecule has 5 nitrogen and oxygen atoms in total. The largest absolute Gasteiger partial charge is 0.339 e. The molecule has 0 saturated carbocycles. The molecule has 2 heterocycles. The van der Waals surface area contributed by atoms with E-state index in [1.807, 2.05) is 0 Å². The van der Waals surface area contributed by atoms with Gasteiger partial charge in [0.25, 0.3) is 0 Å². The lowest BCUT2D eigenvalue weighted by Gasteiger charge is -2.16. The summed E-state index contributed by atoms with van der Waals surface area (Å²) in [5.74, 6) is -0.262. The first-order chi connectivity index (χ1) is 12.5. The Balaban J connectivity index is 1.55. The Hall–Kier alpha value is -3.09. The number of aryl methyl sites for hydroxylation is 1. The normalized spacial score (nSPS) is 17.1. The topological polar surface area (TPSA) is 59.2 Å². The van der Waals surface area contributed by atoms with Crippen LogP contribution in [0.25, 0.3) is 11.4 Å². The van der Waals surface area contributed by atoms with Crippen LogP contribution in [0.3, 0.4) is 0 Å². The first kappa shape index (κ1) is 16.4. The number of rotatable bonds is 3. The highest BCUT2D eigenvalue weighted by molar-refractivity contribution is 5.96. The van der Waals surface area contributed by atoms with Gasteiger partial charge in [-0.25, -0.2) is 8.78 Å². The van der Waals surface area contributed by atoms with Crippen molar-refractivity contribution in [2.75, 3.05) is 11.4 Å². The molecule has 0 aliphatic carbocycles. The molecule has 1 fully saturated rings. The number of carbonyl (C=O) groups excluding carboxylic acids is 1. The zero-order valence-corrected chi connectivity index (χ0v) is 13.9. The van der Waals surface area contributed by atoms with Crippen LogP contribution in [0.5, 0.6) is 0 Å².